The van der Waals surface area contributed by atoms with Crippen molar-refractivity contribution in [2.45, 2.75) is 39.5 Å². The Balaban J connectivity index is 2.23. The summed E-state index contributed by atoms with van der Waals surface area (Å²) >= 11 is 0. The summed E-state index contributed by atoms with van der Waals surface area (Å²) in [6.45, 7) is 9.25. The quantitative estimate of drug-likeness (QED) is 0.602. The summed E-state index contributed by atoms with van der Waals surface area (Å²) < 4.78 is 0. The SMILES string of the molecule is Cc1ccc2c(c1)C(C)(C)C1=C2C=CC(C)C1. The molecule has 0 heterocycles. The Morgan fingerprint density at radius 3 is 2.76 bits per heavy atom. The van der Waals surface area contributed by atoms with Gasteiger partial charge in [-0.15, -0.1) is 0 Å². The second kappa shape index (κ2) is 3.35. The lowest BCUT2D eigenvalue weighted by Crippen LogP contribution is -2.19. The summed E-state index contributed by atoms with van der Waals surface area (Å²) in [5.41, 5.74) is 7.68. The van der Waals surface area contributed by atoms with E-state index in [0.29, 0.717) is 5.92 Å². The normalized spacial score (nSPS) is 24.8. The Hall–Kier alpha value is -1.30. The van der Waals surface area contributed by atoms with Crippen molar-refractivity contribution < 1.29 is 0 Å². The highest BCUT2D eigenvalue weighted by Gasteiger charge is 2.38. The highest BCUT2D eigenvalue weighted by Crippen LogP contribution is 2.50. The molecule has 2 aliphatic rings. The van der Waals surface area contributed by atoms with Gasteiger partial charge in [-0.25, -0.2) is 0 Å². The van der Waals surface area contributed by atoms with E-state index in [9.17, 15) is 0 Å². The van der Waals surface area contributed by atoms with E-state index in [-0.39, 0.29) is 5.41 Å². The largest absolute Gasteiger partial charge is 0.0808 e. The van der Waals surface area contributed by atoms with E-state index in [2.05, 4.69) is 58.0 Å². The number of hydrogen-bond donors (Lipinski definition) is 0. The Labute approximate surface area is 104 Å². The minimum atomic E-state index is 0.218. The molecule has 0 N–H and O–H groups in total. The zero-order valence-corrected chi connectivity index (χ0v) is 11.2. The van der Waals surface area contributed by atoms with Crippen LogP contribution in [0.2, 0.25) is 0 Å². The average Bonchev–Trinajstić information content (AvgIpc) is 2.49. The van der Waals surface area contributed by atoms with Crippen LogP contribution in [0.3, 0.4) is 0 Å². The number of aryl methyl sites for hydroxylation is 1. The minimum absolute atomic E-state index is 0.218. The Bertz CT molecular complexity index is 541. The number of rotatable bonds is 0. The lowest BCUT2D eigenvalue weighted by molar-refractivity contribution is 0.565. The number of allylic oxidation sites excluding steroid dienone is 4. The third-order valence-corrected chi connectivity index (χ3v) is 4.34. The van der Waals surface area contributed by atoms with Crippen molar-refractivity contribution in [1.29, 1.82) is 0 Å². The number of fused-ring (bicyclic) bond motifs is 2. The fraction of sp³-hybridized carbons (Fsp3) is 0.412. The third-order valence-electron chi connectivity index (χ3n) is 4.34. The van der Waals surface area contributed by atoms with Crippen LogP contribution in [-0.2, 0) is 5.41 Å². The molecule has 3 rings (SSSR count). The molecule has 0 bridgehead atoms. The summed E-state index contributed by atoms with van der Waals surface area (Å²) in [6.07, 6.45) is 5.91. The molecule has 17 heavy (non-hydrogen) atoms. The van der Waals surface area contributed by atoms with Crippen LogP contribution in [0.1, 0.15) is 43.9 Å². The van der Waals surface area contributed by atoms with E-state index >= 15 is 0 Å². The predicted octanol–water partition coefficient (Wildman–Crippen LogP) is 4.64. The van der Waals surface area contributed by atoms with Crippen LogP contribution in [0.4, 0.5) is 0 Å². The van der Waals surface area contributed by atoms with Crippen LogP contribution in [0, 0.1) is 12.8 Å². The highest BCUT2D eigenvalue weighted by molar-refractivity contribution is 5.86. The zero-order chi connectivity index (χ0) is 12.2. The van der Waals surface area contributed by atoms with E-state index in [4.69, 9.17) is 0 Å². The molecule has 0 radical (unpaired) electrons. The minimum Gasteiger partial charge on any atom is -0.0808 e. The molecule has 0 spiro atoms. The lowest BCUT2D eigenvalue weighted by Gasteiger charge is -2.27. The molecule has 2 aliphatic carbocycles. The molecular formula is C17H20. The first-order chi connectivity index (χ1) is 8.00. The molecule has 0 nitrogen and oxygen atoms in total. The van der Waals surface area contributed by atoms with Gasteiger partial charge < -0.3 is 0 Å². The van der Waals surface area contributed by atoms with Crippen molar-refractivity contribution in [2.75, 3.05) is 0 Å². The van der Waals surface area contributed by atoms with E-state index in [1.165, 1.54) is 28.7 Å². The van der Waals surface area contributed by atoms with Gasteiger partial charge in [0.05, 0.1) is 0 Å². The molecule has 0 aromatic heterocycles. The summed E-state index contributed by atoms with van der Waals surface area (Å²) in [5, 5.41) is 0. The maximum atomic E-state index is 2.37. The van der Waals surface area contributed by atoms with Gasteiger partial charge in [0.15, 0.2) is 0 Å². The first-order valence-corrected chi connectivity index (χ1v) is 6.53. The van der Waals surface area contributed by atoms with Crippen molar-refractivity contribution in [3.8, 4) is 0 Å². The summed E-state index contributed by atoms with van der Waals surface area (Å²) in [4.78, 5) is 0. The van der Waals surface area contributed by atoms with Gasteiger partial charge in [-0.05, 0) is 36.0 Å². The fourth-order valence-electron chi connectivity index (χ4n) is 3.28. The molecule has 1 aromatic rings. The van der Waals surface area contributed by atoms with Crippen molar-refractivity contribution in [1.82, 2.24) is 0 Å². The van der Waals surface area contributed by atoms with Crippen molar-refractivity contribution in [2.24, 2.45) is 5.92 Å². The Morgan fingerprint density at radius 1 is 1.24 bits per heavy atom. The molecular weight excluding hydrogens is 204 g/mol. The summed E-state index contributed by atoms with van der Waals surface area (Å²) in [6, 6.07) is 6.90. The van der Waals surface area contributed by atoms with Gasteiger partial charge in [0.25, 0.3) is 0 Å². The monoisotopic (exact) mass is 224 g/mol. The molecule has 1 atom stereocenters. The van der Waals surface area contributed by atoms with Crippen LogP contribution in [0.5, 0.6) is 0 Å². The predicted molar refractivity (Wildman–Crippen MR) is 74.0 cm³/mol. The Morgan fingerprint density at radius 2 is 2.00 bits per heavy atom. The second-order valence-corrected chi connectivity index (χ2v) is 6.11. The zero-order valence-electron chi connectivity index (χ0n) is 11.2. The topological polar surface area (TPSA) is 0 Å². The average molecular weight is 224 g/mol. The molecule has 0 saturated carbocycles. The molecule has 1 unspecified atom stereocenters. The van der Waals surface area contributed by atoms with E-state index < -0.39 is 0 Å². The van der Waals surface area contributed by atoms with Gasteiger partial charge in [-0.1, -0.05) is 62.3 Å². The summed E-state index contributed by atoms with van der Waals surface area (Å²) in [5.74, 6) is 0.684. The molecule has 0 aliphatic heterocycles. The van der Waals surface area contributed by atoms with Crippen LogP contribution in [0.25, 0.3) is 5.57 Å². The van der Waals surface area contributed by atoms with Crippen LogP contribution < -0.4 is 0 Å². The number of hydrogen-bond acceptors (Lipinski definition) is 0. The standard InChI is InChI=1S/C17H20/c1-11-5-7-13-14-8-6-12(2)10-16(14)17(3,4)15(13)9-11/h5-9,12H,10H2,1-4H3. The maximum absolute atomic E-state index is 2.37. The van der Waals surface area contributed by atoms with Gasteiger partial charge >= 0.3 is 0 Å². The maximum Gasteiger partial charge on any atom is 0.0121 e. The van der Waals surface area contributed by atoms with E-state index in [0.717, 1.165) is 0 Å². The summed E-state index contributed by atoms with van der Waals surface area (Å²) in [7, 11) is 0. The van der Waals surface area contributed by atoms with Crippen molar-refractivity contribution in [3.05, 3.63) is 52.6 Å². The second-order valence-electron chi connectivity index (χ2n) is 6.11. The first-order valence-electron chi connectivity index (χ1n) is 6.53. The Kier molecular flexibility index (Phi) is 2.13. The molecule has 88 valence electrons. The smallest absolute Gasteiger partial charge is 0.0121 e. The van der Waals surface area contributed by atoms with E-state index in [1.807, 2.05) is 0 Å². The van der Waals surface area contributed by atoms with Gasteiger partial charge in [0.2, 0.25) is 0 Å². The third kappa shape index (κ3) is 1.43. The first kappa shape index (κ1) is 10.8. The highest BCUT2D eigenvalue weighted by atomic mass is 14.4. The molecule has 1 aromatic carbocycles. The molecule has 0 heteroatoms. The van der Waals surface area contributed by atoms with Crippen molar-refractivity contribution >= 4 is 5.57 Å². The molecule has 0 saturated heterocycles. The fourth-order valence-corrected chi connectivity index (χ4v) is 3.28. The van der Waals surface area contributed by atoms with E-state index in [1.54, 1.807) is 5.57 Å². The van der Waals surface area contributed by atoms with Gasteiger partial charge in [0, 0.05) is 5.41 Å². The van der Waals surface area contributed by atoms with Crippen LogP contribution in [0.15, 0.2) is 35.9 Å². The lowest BCUT2D eigenvalue weighted by atomic mass is 9.76. The van der Waals surface area contributed by atoms with Gasteiger partial charge in [-0.3, -0.25) is 0 Å². The van der Waals surface area contributed by atoms with Gasteiger partial charge in [-0.2, -0.15) is 0 Å². The number of benzene rings is 1. The van der Waals surface area contributed by atoms with Crippen LogP contribution in [-0.4, -0.2) is 0 Å². The molecule has 0 amide bonds. The van der Waals surface area contributed by atoms with Crippen molar-refractivity contribution in [3.63, 3.8) is 0 Å². The van der Waals surface area contributed by atoms with Crippen LogP contribution >= 0.6 is 0 Å². The molecule has 0 fully saturated rings. The van der Waals surface area contributed by atoms with Gasteiger partial charge in [0.1, 0.15) is 0 Å².